The Morgan fingerprint density at radius 2 is 2.26 bits per heavy atom. The summed E-state index contributed by atoms with van der Waals surface area (Å²) in [4.78, 5) is 25.1. The Hall–Kier alpha value is -1.85. The van der Waals surface area contributed by atoms with E-state index in [0.29, 0.717) is 24.6 Å². The summed E-state index contributed by atoms with van der Waals surface area (Å²) in [5.41, 5.74) is 0.309. The molecule has 2 unspecified atom stereocenters. The third-order valence-corrected chi connectivity index (χ3v) is 3.77. The predicted octanol–water partition coefficient (Wildman–Crippen LogP) is 1.14. The van der Waals surface area contributed by atoms with Gasteiger partial charge in [-0.15, -0.1) is 0 Å². The Kier molecular flexibility index (Phi) is 3.87. The molecule has 1 aromatic rings. The Labute approximate surface area is 112 Å². The van der Waals surface area contributed by atoms with Gasteiger partial charge in [-0.3, -0.25) is 9.48 Å². The molecule has 1 aliphatic rings. The van der Waals surface area contributed by atoms with Crippen molar-refractivity contribution in [2.24, 2.45) is 13.0 Å². The molecular formula is C13H19N3O3. The number of rotatable bonds is 3. The molecule has 1 saturated heterocycles. The molecule has 1 amide bonds. The van der Waals surface area contributed by atoms with Gasteiger partial charge in [0.1, 0.15) is 11.7 Å². The fraction of sp³-hybridized carbons (Fsp3) is 0.615. The highest BCUT2D eigenvalue weighted by atomic mass is 16.4. The molecule has 1 fully saturated rings. The quantitative estimate of drug-likeness (QED) is 0.889. The van der Waals surface area contributed by atoms with Crippen molar-refractivity contribution < 1.29 is 14.7 Å². The number of likely N-dealkylation sites (tertiary alicyclic amines) is 1. The van der Waals surface area contributed by atoms with E-state index in [4.69, 9.17) is 0 Å². The van der Waals surface area contributed by atoms with Crippen LogP contribution >= 0.6 is 0 Å². The van der Waals surface area contributed by atoms with Gasteiger partial charge >= 0.3 is 5.97 Å². The summed E-state index contributed by atoms with van der Waals surface area (Å²) < 4.78 is 1.54. The van der Waals surface area contributed by atoms with E-state index >= 15 is 0 Å². The number of nitrogens with zero attached hydrogens (tertiary/aromatic N) is 3. The van der Waals surface area contributed by atoms with E-state index in [9.17, 15) is 14.7 Å². The molecule has 0 bridgehead atoms. The number of carboxylic acid groups (broad SMARTS) is 1. The summed E-state index contributed by atoms with van der Waals surface area (Å²) in [5, 5.41) is 13.4. The van der Waals surface area contributed by atoms with Crippen molar-refractivity contribution in [1.82, 2.24) is 14.7 Å². The monoisotopic (exact) mass is 265 g/mol. The number of piperidine rings is 1. The standard InChI is InChI=1S/C13H19N3O3/c1-3-9-4-7-16(11(8-9)13(18)19)12(17)10-5-6-15(2)14-10/h5-6,9,11H,3-4,7-8H2,1-2H3,(H,18,19). The smallest absolute Gasteiger partial charge is 0.326 e. The number of carboxylic acids is 1. The zero-order valence-electron chi connectivity index (χ0n) is 11.2. The SMILES string of the molecule is CCC1CCN(C(=O)c2ccn(C)n2)C(C(=O)O)C1. The molecular weight excluding hydrogens is 246 g/mol. The summed E-state index contributed by atoms with van der Waals surface area (Å²) in [6.45, 7) is 2.55. The second-order valence-electron chi connectivity index (χ2n) is 5.03. The van der Waals surface area contributed by atoms with Gasteiger partial charge in [0.2, 0.25) is 0 Å². The van der Waals surface area contributed by atoms with Gasteiger partial charge in [0.15, 0.2) is 0 Å². The van der Waals surface area contributed by atoms with Crippen LogP contribution in [0.5, 0.6) is 0 Å². The normalized spacial score (nSPS) is 23.4. The summed E-state index contributed by atoms with van der Waals surface area (Å²) >= 11 is 0. The van der Waals surface area contributed by atoms with E-state index in [1.807, 2.05) is 0 Å². The minimum absolute atomic E-state index is 0.289. The summed E-state index contributed by atoms with van der Waals surface area (Å²) in [6.07, 6.45) is 4.03. The Bertz CT molecular complexity index is 483. The molecule has 2 heterocycles. The zero-order valence-corrected chi connectivity index (χ0v) is 11.2. The number of hydrogen-bond acceptors (Lipinski definition) is 3. The van der Waals surface area contributed by atoms with Crippen LogP contribution in [0.1, 0.15) is 36.7 Å². The van der Waals surface area contributed by atoms with Gasteiger partial charge in [-0.1, -0.05) is 13.3 Å². The average Bonchev–Trinajstić information content (AvgIpc) is 2.83. The van der Waals surface area contributed by atoms with Gasteiger partial charge in [-0.05, 0) is 24.8 Å². The van der Waals surface area contributed by atoms with E-state index in [-0.39, 0.29) is 5.91 Å². The number of aryl methyl sites for hydroxylation is 1. The maximum Gasteiger partial charge on any atom is 0.326 e. The van der Waals surface area contributed by atoms with Crippen molar-refractivity contribution in [3.05, 3.63) is 18.0 Å². The zero-order chi connectivity index (χ0) is 14.0. The lowest BCUT2D eigenvalue weighted by atomic mass is 9.88. The predicted molar refractivity (Wildman–Crippen MR) is 68.7 cm³/mol. The van der Waals surface area contributed by atoms with Crippen molar-refractivity contribution in [3.63, 3.8) is 0 Å². The van der Waals surface area contributed by atoms with Crippen LogP contribution in [0.15, 0.2) is 12.3 Å². The van der Waals surface area contributed by atoms with Gasteiger partial charge in [-0.2, -0.15) is 5.10 Å². The number of hydrogen-bond donors (Lipinski definition) is 1. The number of carbonyl (C=O) groups is 2. The number of aliphatic carboxylic acids is 1. The van der Waals surface area contributed by atoms with Gasteiger partial charge in [0.25, 0.3) is 5.91 Å². The molecule has 2 rings (SSSR count). The summed E-state index contributed by atoms with van der Waals surface area (Å²) in [6, 6.07) is 0.890. The van der Waals surface area contributed by atoms with E-state index in [1.165, 1.54) is 4.90 Å². The largest absolute Gasteiger partial charge is 0.480 e. The molecule has 104 valence electrons. The maximum atomic E-state index is 12.3. The first-order valence-corrected chi connectivity index (χ1v) is 6.56. The maximum absolute atomic E-state index is 12.3. The number of amides is 1. The first-order valence-electron chi connectivity index (χ1n) is 6.56. The van der Waals surface area contributed by atoms with E-state index in [0.717, 1.165) is 12.8 Å². The Balaban J connectivity index is 2.17. The molecule has 0 aliphatic carbocycles. The van der Waals surface area contributed by atoms with Crippen LogP contribution in [0.25, 0.3) is 0 Å². The van der Waals surface area contributed by atoms with Crippen molar-refractivity contribution in [1.29, 1.82) is 0 Å². The van der Waals surface area contributed by atoms with Crippen molar-refractivity contribution in [3.8, 4) is 0 Å². The van der Waals surface area contributed by atoms with Crippen LogP contribution in [0.3, 0.4) is 0 Å². The molecule has 1 aromatic heterocycles. The van der Waals surface area contributed by atoms with Crippen molar-refractivity contribution >= 4 is 11.9 Å². The third kappa shape index (κ3) is 2.77. The number of carbonyl (C=O) groups excluding carboxylic acids is 1. The van der Waals surface area contributed by atoms with Gasteiger partial charge in [0.05, 0.1) is 0 Å². The minimum Gasteiger partial charge on any atom is -0.480 e. The van der Waals surface area contributed by atoms with Crippen LogP contribution in [0.4, 0.5) is 0 Å². The summed E-state index contributed by atoms with van der Waals surface area (Å²) in [5.74, 6) is -0.834. The molecule has 0 aromatic carbocycles. The average molecular weight is 265 g/mol. The Morgan fingerprint density at radius 1 is 1.53 bits per heavy atom. The lowest BCUT2D eigenvalue weighted by Crippen LogP contribution is -2.50. The minimum atomic E-state index is -0.928. The molecule has 0 spiro atoms. The first-order chi connectivity index (χ1) is 9.02. The fourth-order valence-corrected chi connectivity index (χ4v) is 2.56. The third-order valence-electron chi connectivity index (χ3n) is 3.77. The molecule has 0 saturated carbocycles. The molecule has 1 N–H and O–H groups in total. The highest BCUT2D eigenvalue weighted by Crippen LogP contribution is 2.26. The first kappa shape index (κ1) is 13.6. The van der Waals surface area contributed by atoms with Crippen LogP contribution < -0.4 is 0 Å². The van der Waals surface area contributed by atoms with E-state index in [2.05, 4.69) is 12.0 Å². The molecule has 0 radical (unpaired) electrons. The van der Waals surface area contributed by atoms with Crippen molar-refractivity contribution in [2.75, 3.05) is 6.54 Å². The lowest BCUT2D eigenvalue weighted by molar-refractivity contribution is -0.144. The van der Waals surface area contributed by atoms with Gasteiger partial charge in [-0.25, -0.2) is 4.79 Å². The van der Waals surface area contributed by atoms with E-state index in [1.54, 1.807) is 24.0 Å². The fourth-order valence-electron chi connectivity index (χ4n) is 2.56. The van der Waals surface area contributed by atoms with Crippen molar-refractivity contribution in [2.45, 2.75) is 32.2 Å². The highest BCUT2D eigenvalue weighted by Gasteiger charge is 2.36. The molecule has 2 atom stereocenters. The second kappa shape index (κ2) is 5.42. The van der Waals surface area contributed by atoms with Crippen LogP contribution in [0, 0.1) is 5.92 Å². The highest BCUT2D eigenvalue weighted by molar-refractivity contribution is 5.95. The molecule has 19 heavy (non-hydrogen) atoms. The van der Waals surface area contributed by atoms with Gasteiger partial charge in [0, 0.05) is 19.8 Å². The van der Waals surface area contributed by atoms with Crippen LogP contribution in [0.2, 0.25) is 0 Å². The van der Waals surface area contributed by atoms with E-state index < -0.39 is 12.0 Å². The topological polar surface area (TPSA) is 75.4 Å². The van der Waals surface area contributed by atoms with Gasteiger partial charge < -0.3 is 10.0 Å². The Morgan fingerprint density at radius 3 is 2.79 bits per heavy atom. The van der Waals surface area contributed by atoms with Crippen LogP contribution in [-0.4, -0.2) is 44.3 Å². The number of aromatic nitrogens is 2. The lowest BCUT2D eigenvalue weighted by Gasteiger charge is -2.36. The van der Waals surface area contributed by atoms with Crippen LogP contribution in [-0.2, 0) is 11.8 Å². The molecule has 1 aliphatic heterocycles. The second-order valence-corrected chi connectivity index (χ2v) is 5.03. The molecule has 6 nitrogen and oxygen atoms in total. The summed E-state index contributed by atoms with van der Waals surface area (Å²) in [7, 11) is 1.73. The molecule has 6 heteroatoms.